The van der Waals surface area contributed by atoms with Crippen molar-refractivity contribution >= 4 is 50.9 Å². The molecule has 0 aliphatic heterocycles. The molecule has 2 aromatic heterocycles. The summed E-state index contributed by atoms with van der Waals surface area (Å²) < 4.78 is 0. The van der Waals surface area contributed by atoms with Crippen molar-refractivity contribution in [3.05, 3.63) is 81.2 Å². The second-order valence-electron chi connectivity index (χ2n) is 7.04. The standard InChI is InChI=1S/C22H23N7OS2/c23-20(24)29-22-27-17(13-32-22)12-31-9-8-25-21-26-11-16(19(30)28-21)10-15-6-3-5-14-4-1-2-7-18(14)15/h1-7,11,13H,8-10,12H2,(H4,23,24,27,29)(H2,25,26,28,30). The molecule has 4 aromatic rings. The summed E-state index contributed by atoms with van der Waals surface area (Å²) in [7, 11) is 0. The summed E-state index contributed by atoms with van der Waals surface area (Å²) >= 11 is 3.12. The number of thioether (sulfide) groups is 1. The van der Waals surface area contributed by atoms with Crippen LogP contribution in [-0.2, 0) is 12.2 Å². The van der Waals surface area contributed by atoms with Crippen molar-refractivity contribution in [1.29, 1.82) is 0 Å². The second kappa shape index (κ2) is 10.3. The topological polar surface area (TPSA) is 135 Å². The van der Waals surface area contributed by atoms with Crippen LogP contribution >= 0.6 is 23.1 Å². The highest BCUT2D eigenvalue weighted by molar-refractivity contribution is 7.98. The Labute approximate surface area is 193 Å². The van der Waals surface area contributed by atoms with Gasteiger partial charge in [0, 0.05) is 41.6 Å². The number of aromatic amines is 1. The van der Waals surface area contributed by atoms with Crippen LogP contribution in [-0.4, -0.2) is 33.2 Å². The third-order valence-electron chi connectivity index (χ3n) is 4.69. The molecule has 0 unspecified atom stereocenters. The molecule has 164 valence electrons. The summed E-state index contributed by atoms with van der Waals surface area (Å²) in [4.78, 5) is 28.1. The van der Waals surface area contributed by atoms with E-state index in [4.69, 9.17) is 11.5 Å². The van der Waals surface area contributed by atoms with Crippen molar-refractivity contribution in [2.45, 2.75) is 12.2 Å². The highest BCUT2D eigenvalue weighted by atomic mass is 32.2. The molecule has 6 N–H and O–H groups in total. The number of thiazole rings is 1. The molecule has 0 radical (unpaired) electrons. The predicted molar refractivity (Wildman–Crippen MR) is 134 cm³/mol. The maximum absolute atomic E-state index is 12.6. The molecule has 4 rings (SSSR count). The van der Waals surface area contributed by atoms with Crippen molar-refractivity contribution in [2.24, 2.45) is 16.5 Å². The molecule has 0 bridgehead atoms. The maximum atomic E-state index is 12.6. The van der Waals surface area contributed by atoms with Crippen LogP contribution in [0.4, 0.5) is 11.1 Å². The average molecular weight is 466 g/mol. The van der Waals surface area contributed by atoms with Crippen molar-refractivity contribution in [3.63, 3.8) is 0 Å². The Hall–Kier alpha value is -3.37. The first-order chi connectivity index (χ1) is 15.6. The Balaban J connectivity index is 1.28. The number of hydrogen-bond acceptors (Lipinski definition) is 7. The third-order valence-corrected chi connectivity index (χ3v) is 6.46. The molecule has 0 fully saturated rings. The van der Waals surface area contributed by atoms with Gasteiger partial charge in [-0.1, -0.05) is 42.5 Å². The van der Waals surface area contributed by atoms with E-state index in [1.165, 1.54) is 11.3 Å². The zero-order chi connectivity index (χ0) is 22.3. The molecule has 0 aliphatic carbocycles. The number of H-pyrrole nitrogens is 1. The smallest absolute Gasteiger partial charge is 0.255 e. The number of aliphatic imine (C=N–C) groups is 1. The number of anilines is 1. The Morgan fingerprint density at radius 1 is 1.16 bits per heavy atom. The molecule has 2 aromatic carbocycles. The zero-order valence-corrected chi connectivity index (χ0v) is 18.9. The van der Waals surface area contributed by atoms with Gasteiger partial charge in [-0.2, -0.15) is 16.8 Å². The Bertz CT molecular complexity index is 1290. The molecule has 8 nitrogen and oxygen atoms in total. The number of nitrogens with two attached hydrogens (primary N) is 2. The minimum Gasteiger partial charge on any atom is -0.370 e. The van der Waals surface area contributed by atoms with E-state index in [0.717, 1.165) is 33.5 Å². The average Bonchev–Trinajstić information content (AvgIpc) is 3.22. The van der Waals surface area contributed by atoms with Crippen LogP contribution in [0.3, 0.4) is 0 Å². The number of benzene rings is 2. The molecule has 0 atom stereocenters. The molecule has 0 aliphatic rings. The first-order valence-electron chi connectivity index (χ1n) is 9.99. The summed E-state index contributed by atoms with van der Waals surface area (Å²) in [5.74, 6) is 2.07. The number of fused-ring (bicyclic) bond motifs is 1. The van der Waals surface area contributed by atoms with Gasteiger partial charge >= 0.3 is 0 Å². The second-order valence-corrected chi connectivity index (χ2v) is 8.98. The van der Waals surface area contributed by atoms with E-state index >= 15 is 0 Å². The number of rotatable bonds is 9. The Kier molecular flexibility index (Phi) is 7.03. The molecule has 0 spiro atoms. The van der Waals surface area contributed by atoms with Gasteiger partial charge in [-0.3, -0.25) is 9.78 Å². The van der Waals surface area contributed by atoms with Crippen LogP contribution in [0.5, 0.6) is 0 Å². The third kappa shape index (κ3) is 5.65. The van der Waals surface area contributed by atoms with Crippen molar-refractivity contribution in [3.8, 4) is 0 Å². The van der Waals surface area contributed by atoms with E-state index in [-0.39, 0.29) is 11.5 Å². The van der Waals surface area contributed by atoms with Gasteiger partial charge in [0.05, 0.1) is 5.69 Å². The number of hydrogen-bond donors (Lipinski definition) is 4. The van der Waals surface area contributed by atoms with Crippen LogP contribution in [0, 0.1) is 0 Å². The molecule has 10 heteroatoms. The molecule has 2 heterocycles. The Morgan fingerprint density at radius 2 is 2.00 bits per heavy atom. The summed E-state index contributed by atoms with van der Waals surface area (Å²) in [6.07, 6.45) is 2.19. The molecular formula is C22H23N7OS2. The first-order valence-corrected chi connectivity index (χ1v) is 12.0. The number of guanidine groups is 1. The van der Waals surface area contributed by atoms with Gasteiger partial charge in [0.25, 0.3) is 5.56 Å². The molecule has 0 amide bonds. The fourth-order valence-electron chi connectivity index (χ4n) is 3.23. The number of nitrogens with one attached hydrogen (secondary N) is 2. The monoisotopic (exact) mass is 465 g/mol. The van der Waals surface area contributed by atoms with Crippen LogP contribution in [0.15, 0.2) is 63.8 Å². The Morgan fingerprint density at radius 3 is 2.84 bits per heavy atom. The fraction of sp³-hybridized carbons (Fsp3) is 0.182. The predicted octanol–water partition coefficient (Wildman–Crippen LogP) is 3.22. The quantitative estimate of drug-likeness (QED) is 0.169. The van der Waals surface area contributed by atoms with Crippen LogP contribution in [0.2, 0.25) is 0 Å². The van der Waals surface area contributed by atoms with E-state index in [9.17, 15) is 4.79 Å². The van der Waals surface area contributed by atoms with Crippen LogP contribution in [0.25, 0.3) is 10.8 Å². The maximum Gasteiger partial charge on any atom is 0.255 e. The summed E-state index contributed by atoms with van der Waals surface area (Å²) in [5.41, 5.74) is 13.3. The highest BCUT2D eigenvalue weighted by Crippen LogP contribution is 2.22. The number of nitrogens with zero attached hydrogens (tertiary/aromatic N) is 3. The lowest BCUT2D eigenvalue weighted by Crippen LogP contribution is -2.21. The lowest BCUT2D eigenvalue weighted by molar-refractivity contribution is 1.01. The molecular weight excluding hydrogens is 442 g/mol. The van der Waals surface area contributed by atoms with Gasteiger partial charge in [0.15, 0.2) is 5.96 Å². The van der Waals surface area contributed by atoms with Crippen molar-refractivity contribution in [2.75, 3.05) is 17.6 Å². The first kappa shape index (κ1) is 21.8. The largest absolute Gasteiger partial charge is 0.370 e. The van der Waals surface area contributed by atoms with Gasteiger partial charge in [0.2, 0.25) is 11.1 Å². The minimum atomic E-state index is -0.127. The van der Waals surface area contributed by atoms with Gasteiger partial charge in [-0.05, 0) is 16.3 Å². The lowest BCUT2D eigenvalue weighted by Gasteiger charge is -2.08. The van der Waals surface area contributed by atoms with E-state index in [1.807, 2.05) is 29.6 Å². The van der Waals surface area contributed by atoms with Crippen LogP contribution in [0.1, 0.15) is 16.8 Å². The van der Waals surface area contributed by atoms with Crippen molar-refractivity contribution < 1.29 is 0 Å². The van der Waals surface area contributed by atoms with Gasteiger partial charge in [-0.25, -0.2) is 9.97 Å². The van der Waals surface area contributed by atoms with Gasteiger partial charge < -0.3 is 16.8 Å². The molecule has 0 saturated heterocycles. The SMILES string of the molecule is NC(N)=Nc1nc(CSCCNc2ncc(Cc3cccc4ccccc34)c(=O)[nH]2)cs1. The zero-order valence-electron chi connectivity index (χ0n) is 17.2. The highest BCUT2D eigenvalue weighted by Gasteiger charge is 2.07. The lowest BCUT2D eigenvalue weighted by atomic mass is 10.00. The minimum absolute atomic E-state index is 0.00684. The van der Waals surface area contributed by atoms with E-state index in [2.05, 4.69) is 43.5 Å². The number of aromatic nitrogens is 3. The van der Waals surface area contributed by atoms with E-state index in [0.29, 0.717) is 29.6 Å². The normalized spacial score (nSPS) is 10.9. The van der Waals surface area contributed by atoms with E-state index < -0.39 is 0 Å². The van der Waals surface area contributed by atoms with Gasteiger partial charge in [-0.15, -0.1) is 11.3 Å². The van der Waals surface area contributed by atoms with Crippen molar-refractivity contribution in [1.82, 2.24) is 15.0 Å². The summed E-state index contributed by atoms with van der Waals surface area (Å²) in [5, 5.41) is 7.98. The van der Waals surface area contributed by atoms with E-state index in [1.54, 1.807) is 18.0 Å². The van der Waals surface area contributed by atoms with Crippen LogP contribution < -0.4 is 22.3 Å². The summed E-state index contributed by atoms with van der Waals surface area (Å²) in [6.45, 7) is 0.668. The van der Waals surface area contributed by atoms with Gasteiger partial charge in [0.1, 0.15) is 0 Å². The molecule has 32 heavy (non-hydrogen) atoms. The summed E-state index contributed by atoms with van der Waals surface area (Å²) in [6, 6.07) is 14.3. The molecule has 0 saturated carbocycles. The fourth-order valence-corrected chi connectivity index (χ4v) is 4.79.